The lowest BCUT2D eigenvalue weighted by Gasteiger charge is -2.23. The molecule has 50 heavy (non-hydrogen) atoms. The van der Waals surface area contributed by atoms with Gasteiger partial charge in [0.05, 0.1) is 25.3 Å². The number of ether oxygens (including phenoxy) is 3. The molecule has 1 aromatic heterocycles. The second-order valence-corrected chi connectivity index (χ2v) is 13.8. The predicted molar refractivity (Wildman–Crippen MR) is 196 cm³/mol. The van der Waals surface area contributed by atoms with Gasteiger partial charge in [-0.3, -0.25) is 14.5 Å². The summed E-state index contributed by atoms with van der Waals surface area (Å²) in [5, 5.41) is 20.6. The number of hydrogen-bond donors (Lipinski definition) is 1. The summed E-state index contributed by atoms with van der Waals surface area (Å²) in [5.74, 6) is 0.288. The topological polar surface area (TPSA) is 111 Å². The molecule has 6 rings (SSSR count). The Morgan fingerprint density at radius 2 is 1.68 bits per heavy atom. The van der Waals surface area contributed by atoms with Crippen molar-refractivity contribution in [2.75, 3.05) is 18.6 Å². The summed E-state index contributed by atoms with van der Waals surface area (Å²) in [6, 6.07) is 29.0. The van der Waals surface area contributed by atoms with Crippen LogP contribution in [-0.4, -0.2) is 40.7 Å². The summed E-state index contributed by atoms with van der Waals surface area (Å²) in [4.78, 5) is 28.9. The molecule has 1 fully saturated rings. The van der Waals surface area contributed by atoms with Crippen molar-refractivity contribution < 1.29 is 28.9 Å². The number of benzene rings is 4. The highest BCUT2D eigenvalue weighted by atomic mass is 32.2. The average molecular weight is 708 g/mol. The van der Waals surface area contributed by atoms with Gasteiger partial charge in [-0.1, -0.05) is 97.1 Å². The van der Waals surface area contributed by atoms with Gasteiger partial charge in [0.2, 0.25) is 5.13 Å². The fourth-order valence-electron chi connectivity index (χ4n) is 5.52. The normalized spacial score (nSPS) is 15.3. The number of unbranched alkanes of at least 4 members (excludes halogenated alkanes) is 1. The number of rotatable bonds is 14. The van der Waals surface area contributed by atoms with Gasteiger partial charge in [-0.05, 0) is 72.0 Å². The zero-order valence-corrected chi connectivity index (χ0v) is 29.6. The number of aryl methyl sites for hydroxylation is 1. The molecule has 0 aliphatic carbocycles. The van der Waals surface area contributed by atoms with Crippen molar-refractivity contribution in [3.63, 3.8) is 0 Å². The zero-order valence-electron chi connectivity index (χ0n) is 28.0. The Bertz CT molecular complexity index is 1990. The SMILES string of the molecule is CCCCOc1ccc(C2C(=C(O)c3ccc(OCc4ccccc4C)cc3)C(=O)C(=O)N2c2nnc(SCc3ccccc3)s2)cc1OC. The first-order valence-corrected chi connectivity index (χ1v) is 18.1. The summed E-state index contributed by atoms with van der Waals surface area (Å²) >= 11 is 2.70. The maximum Gasteiger partial charge on any atom is 0.301 e. The molecule has 9 nitrogen and oxygen atoms in total. The molecule has 1 amide bonds. The highest BCUT2D eigenvalue weighted by Gasteiger charge is 2.48. The number of ketones is 1. The van der Waals surface area contributed by atoms with Gasteiger partial charge in [0.15, 0.2) is 15.8 Å². The van der Waals surface area contributed by atoms with Crippen molar-refractivity contribution in [3.8, 4) is 17.2 Å². The quantitative estimate of drug-likeness (QED) is 0.0303. The molecule has 0 bridgehead atoms. The maximum absolute atomic E-state index is 13.8. The lowest BCUT2D eigenvalue weighted by molar-refractivity contribution is -0.132. The number of carbonyl (C=O) groups excluding carboxylic acids is 2. The average Bonchev–Trinajstić information content (AvgIpc) is 3.72. The van der Waals surface area contributed by atoms with Crippen molar-refractivity contribution in [2.45, 2.75) is 49.4 Å². The van der Waals surface area contributed by atoms with E-state index in [9.17, 15) is 14.7 Å². The minimum atomic E-state index is -1.01. The van der Waals surface area contributed by atoms with E-state index in [1.807, 2.05) is 61.5 Å². The molecule has 1 unspecified atom stereocenters. The van der Waals surface area contributed by atoms with E-state index in [-0.39, 0.29) is 16.5 Å². The number of aliphatic hydroxyl groups is 1. The van der Waals surface area contributed by atoms with Crippen LogP contribution in [0, 0.1) is 6.92 Å². The Balaban J connectivity index is 1.34. The molecule has 2 heterocycles. The Hall–Kier alpha value is -5.13. The third-order valence-corrected chi connectivity index (χ3v) is 10.4. The van der Waals surface area contributed by atoms with Crippen LogP contribution in [0.15, 0.2) is 107 Å². The first-order chi connectivity index (χ1) is 24.4. The van der Waals surface area contributed by atoms with Gasteiger partial charge in [0.25, 0.3) is 5.78 Å². The molecule has 5 aromatic rings. The smallest absolute Gasteiger partial charge is 0.301 e. The monoisotopic (exact) mass is 707 g/mol. The minimum absolute atomic E-state index is 0.0704. The van der Waals surface area contributed by atoms with Gasteiger partial charge < -0.3 is 19.3 Å². The summed E-state index contributed by atoms with van der Waals surface area (Å²) in [7, 11) is 1.53. The van der Waals surface area contributed by atoms with Crippen LogP contribution in [0.25, 0.3) is 5.76 Å². The van der Waals surface area contributed by atoms with E-state index >= 15 is 0 Å². The number of amides is 1. The van der Waals surface area contributed by atoms with Gasteiger partial charge in [-0.2, -0.15) is 0 Å². The Morgan fingerprint density at radius 1 is 0.920 bits per heavy atom. The minimum Gasteiger partial charge on any atom is -0.507 e. The van der Waals surface area contributed by atoms with Crippen LogP contribution >= 0.6 is 23.1 Å². The molecule has 4 aromatic carbocycles. The first kappa shape index (κ1) is 34.7. The third kappa shape index (κ3) is 7.69. The van der Waals surface area contributed by atoms with Crippen LogP contribution in [0.1, 0.15) is 53.6 Å². The van der Waals surface area contributed by atoms with Crippen LogP contribution in [0.4, 0.5) is 5.13 Å². The largest absolute Gasteiger partial charge is 0.507 e. The molecule has 11 heteroatoms. The van der Waals surface area contributed by atoms with E-state index in [0.717, 1.165) is 29.5 Å². The number of aliphatic hydroxyl groups excluding tert-OH is 1. The maximum atomic E-state index is 13.8. The van der Waals surface area contributed by atoms with Crippen molar-refractivity contribution in [3.05, 3.63) is 130 Å². The number of Topliss-reactive ketones (excluding diaryl/α,β-unsaturated/α-hetero) is 1. The van der Waals surface area contributed by atoms with Gasteiger partial charge in [0, 0.05) is 11.3 Å². The lowest BCUT2D eigenvalue weighted by Crippen LogP contribution is -2.29. The molecule has 1 aliphatic rings. The second kappa shape index (κ2) is 16.1. The van der Waals surface area contributed by atoms with Gasteiger partial charge in [-0.15, -0.1) is 10.2 Å². The molecule has 1 aliphatic heterocycles. The number of thioether (sulfide) groups is 1. The van der Waals surface area contributed by atoms with E-state index < -0.39 is 17.7 Å². The number of carbonyl (C=O) groups is 2. The van der Waals surface area contributed by atoms with Crippen molar-refractivity contribution in [2.24, 2.45) is 0 Å². The van der Waals surface area contributed by atoms with Crippen molar-refractivity contribution >= 4 is 45.7 Å². The van der Waals surface area contributed by atoms with Gasteiger partial charge in [0.1, 0.15) is 18.1 Å². The van der Waals surface area contributed by atoms with Gasteiger partial charge in [-0.25, -0.2) is 0 Å². The molecular formula is C39H37N3O6S2. The van der Waals surface area contributed by atoms with E-state index in [2.05, 4.69) is 17.1 Å². The molecule has 0 radical (unpaired) electrons. The van der Waals surface area contributed by atoms with E-state index in [1.165, 1.54) is 35.1 Å². The fourth-order valence-corrected chi connectivity index (χ4v) is 7.34. The highest BCUT2D eigenvalue weighted by molar-refractivity contribution is 8.00. The molecule has 1 saturated heterocycles. The summed E-state index contributed by atoms with van der Waals surface area (Å²) < 4.78 is 18.2. The van der Waals surface area contributed by atoms with Crippen LogP contribution in [0.3, 0.4) is 0 Å². The van der Waals surface area contributed by atoms with E-state index in [4.69, 9.17) is 14.2 Å². The summed E-state index contributed by atoms with van der Waals surface area (Å²) in [5.41, 5.74) is 4.14. The molecule has 1 atom stereocenters. The van der Waals surface area contributed by atoms with Crippen LogP contribution in [-0.2, 0) is 21.9 Å². The number of nitrogens with zero attached hydrogens (tertiary/aromatic N) is 3. The number of hydrogen-bond acceptors (Lipinski definition) is 10. The third-order valence-electron chi connectivity index (χ3n) is 8.29. The highest BCUT2D eigenvalue weighted by Crippen LogP contribution is 2.45. The van der Waals surface area contributed by atoms with E-state index in [0.29, 0.717) is 51.7 Å². The lowest BCUT2D eigenvalue weighted by atomic mass is 9.95. The Kier molecular flexibility index (Phi) is 11.1. The Morgan fingerprint density at radius 3 is 2.42 bits per heavy atom. The van der Waals surface area contributed by atoms with Crippen LogP contribution in [0.2, 0.25) is 0 Å². The van der Waals surface area contributed by atoms with Crippen molar-refractivity contribution in [1.82, 2.24) is 10.2 Å². The standard InChI is InChI=1S/C39H37N3O6S2/c1-4-5-21-47-31-20-17-28(22-32(31)46-3)34-33(35(43)27-15-18-30(19-16-27)48-23-29-14-10-9-11-25(29)2)36(44)37(45)42(34)38-40-41-39(50-38)49-24-26-12-7-6-8-13-26/h6-20,22,34,43H,4-5,21,23-24H2,1-3H3. The predicted octanol–water partition coefficient (Wildman–Crippen LogP) is 8.53. The fraction of sp³-hybridized carbons (Fsp3) is 0.231. The van der Waals surface area contributed by atoms with E-state index in [1.54, 1.807) is 42.5 Å². The summed E-state index contributed by atoms with van der Waals surface area (Å²) in [6.45, 7) is 5.01. The summed E-state index contributed by atoms with van der Waals surface area (Å²) in [6.07, 6.45) is 1.85. The molecule has 256 valence electrons. The van der Waals surface area contributed by atoms with Gasteiger partial charge >= 0.3 is 5.91 Å². The first-order valence-electron chi connectivity index (χ1n) is 16.3. The number of aromatic nitrogens is 2. The molecule has 1 N–H and O–H groups in total. The zero-order chi connectivity index (χ0) is 35.0. The van der Waals surface area contributed by atoms with Crippen LogP contribution in [0.5, 0.6) is 17.2 Å². The second-order valence-electron chi connectivity index (χ2n) is 11.6. The molecular weight excluding hydrogens is 671 g/mol. The number of anilines is 1. The molecule has 0 spiro atoms. The number of methoxy groups -OCH3 is 1. The van der Waals surface area contributed by atoms with Crippen LogP contribution < -0.4 is 19.1 Å². The Labute approximate surface area is 299 Å². The molecule has 0 saturated carbocycles. The van der Waals surface area contributed by atoms with Crippen molar-refractivity contribution in [1.29, 1.82) is 0 Å².